The van der Waals surface area contributed by atoms with Gasteiger partial charge in [0.2, 0.25) is 0 Å². The van der Waals surface area contributed by atoms with Crippen molar-refractivity contribution >= 4 is 5.69 Å². The summed E-state index contributed by atoms with van der Waals surface area (Å²) in [7, 11) is 0. The van der Waals surface area contributed by atoms with Crippen LogP contribution in [0.1, 0.15) is 39.5 Å². The van der Waals surface area contributed by atoms with Crippen molar-refractivity contribution in [2.45, 2.75) is 45.6 Å². The van der Waals surface area contributed by atoms with E-state index in [1.54, 1.807) is 6.07 Å². The van der Waals surface area contributed by atoms with Crippen molar-refractivity contribution < 1.29 is 9.84 Å². The number of ether oxygens (including phenoxy) is 1. The molecule has 0 radical (unpaired) electrons. The Morgan fingerprint density at radius 2 is 1.76 bits per heavy atom. The zero-order valence-electron chi connectivity index (χ0n) is 13.4. The quantitative estimate of drug-likeness (QED) is 0.616. The van der Waals surface area contributed by atoms with Gasteiger partial charge in [0.1, 0.15) is 18.5 Å². The van der Waals surface area contributed by atoms with E-state index in [-0.39, 0.29) is 6.61 Å². The smallest absolute Gasteiger partial charge is 0.142 e. The molecule has 4 heteroatoms. The molecule has 0 aliphatic rings. The summed E-state index contributed by atoms with van der Waals surface area (Å²) in [6.07, 6.45) is 4.20. The summed E-state index contributed by atoms with van der Waals surface area (Å²) in [6, 6.07) is 7.38. The van der Waals surface area contributed by atoms with Gasteiger partial charge in [0.15, 0.2) is 0 Å². The van der Waals surface area contributed by atoms with Crippen LogP contribution < -0.4 is 10.5 Å². The highest BCUT2D eigenvalue weighted by atomic mass is 16.5. The number of hydrogen-bond donors (Lipinski definition) is 2. The predicted molar refractivity (Wildman–Crippen MR) is 88.6 cm³/mol. The van der Waals surface area contributed by atoms with E-state index in [4.69, 9.17) is 10.5 Å². The zero-order valence-corrected chi connectivity index (χ0v) is 13.4. The second-order valence-corrected chi connectivity index (χ2v) is 5.51. The van der Waals surface area contributed by atoms with Crippen molar-refractivity contribution in [1.29, 1.82) is 0 Å². The van der Waals surface area contributed by atoms with Gasteiger partial charge < -0.3 is 20.5 Å². The fourth-order valence-corrected chi connectivity index (χ4v) is 2.21. The van der Waals surface area contributed by atoms with Gasteiger partial charge in [-0.1, -0.05) is 38.8 Å². The molecule has 1 rings (SSSR count). The minimum absolute atomic E-state index is 0.281. The van der Waals surface area contributed by atoms with Crippen LogP contribution in [0, 0.1) is 0 Å². The van der Waals surface area contributed by atoms with E-state index in [0.29, 0.717) is 18.0 Å². The van der Waals surface area contributed by atoms with Gasteiger partial charge in [0.05, 0.1) is 5.69 Å². The minimum atomic E-state index is -0.488. The highest BCUT2D eigenvalue weighted by Crippen LogP contribution is 2.19. The lowest BCUT2D eigenvalue weighted by atomic mass is 10.2. The van der Waals surface area contributed by atoms with E-state index < -0.39 is 6.10 Å². The molecule has 1 aromatic rings. The van der Waals surface area contributed by atoms with Crippen molar-refractivity contribution in [3.05, 3.63) is 24.3 Å². The van der Waals surface area contributed by atoms with Crippen LogP contribution in [0.2, 0.25) is 0 Å². The first-order chi connectivity index (χ1) is 10.2. The molecule has 0 spiro atoms. The first-order valence-corrected chi connectivity index (χ1v) is 8.05. The van der Waals surface area contributed by atoms with Gasteiger partial charge in [-0.2, -0.15) is 0 Å². The number of hydrogen-bond acceptors (Lipinski definition) is 4. The van der Waals surface area contributed by atoms with Gasteiger partial charge >= 0.3 is 0 Å². The van der Waals surface area contributed by atoms with E-state index in [2.05, 4.69) is 18.7 Å². The molecule has 1 atom stereocenters. The molecule has 0 saturated heterocycles. The third-order valence-electron chi connectivity index (χ3n) is 3.47. The topological polar surface area (TPSA) is 58.7 Å². The second-order valence-electron chi connectivity index (χ2n) is 5.51. The molecule has 0 aliphatic carbocycles. The Morgan fingerprint density at radius 1 is 1.14 bits per heavy atom. The van der Waals surface area contributed by atoms with Crippen molar-refractivity contribution in [2.24, 2.45) is 0 Å². The van der Waals surface area contributed by atoms with Crippen LogP contribution in [0.25, 0.3) is 0 Å². The molecule has 0 bridgehead atoms. The maximum Gasteiger partial charge on any atom is 0.142 e. The number of nitrogen functional groups attached to an aromatic ring is 1. The molecule has 1 unspecified atom stereocenters. The van der Waals surface area contributed by atoms with E-state index in [0.717, 1.165) is 13.1 Å². The van der Waals surface area contributed by atoms with Crippen LogP contribution >= 0.6 is 0 Å². The van der Waals surface area contributed by atoms with E-state index in [1.165, 1.54) is 25.7 Å². The number of anilines is 1. The number of nitrogens with zero attached hydrogens (tertiary/aromatic N) is 1. The van der Waals surface area contributed by atoms with Gasteiger partial charge in [0, 0.05) is 6.54 Å². The molecule has 4 nitrogen and oxygen atoms in total. The summed E-state index contributed by atoms with van der Waals surface area (Å²) in [5.74, 6) is 0.644. The molecule has 0 heterocycles. The van der Waals surface area contributed by atoms with Crippen LogP contribution in [0.15, 0.2) is 24.3 Å². The average molecular weight is 294 g/mol. The lowest BCUT2D eigenvalue weighted by Gasteiger charge is -2.25. The Labute approximate surface area is 128 Å². The van der Waals surface area contributed by atoms with Crippen molar-refractivity contribution in [2.75, 3.05) is 32.0 Å². The maximum absolute atomic E-state index is 10.2. The Bertz CT molecular complexity index is 377. The first kappa shape index (κ1) is 17.8. The van der Waals surface area contributed by atoms with E-state index >= 15 is 0 Å². The summed E-state index contributed by atoms with van der Waals surface area (Å²) >= 11 is 0. The van der Waals surface area contributed by atoms with Crippen molar-refractivity contribution in [1.82, 2.24) is 4.90 Å². The van der Waals surface area contributed by atoms with E-state index in [1.807, 2.05) is 18.2 Å². The lowest BCUT2D eigenvalue weighted by Crippen LogP contribution is -2.37. The molecular weight excluding hydrogens is 264 g/mol. The fourth-order valence-electron chi connectivity index (χ4n) is 2.21. The monoisotopic (exact) mass is 294 g/mol. The SMILES string of the molecule is CCCCN(CCCC)CC(O)COc1ccccc1N. The maximum atomic E-state index is 10.2. The van der Waals surface area contributed by atoms with Gasteiger partial charge in [-0.15, -0.1) is 0 Å². The van der Waals surface area contributed by atoms with Crippen molar-refractivity contribution in [3.63, 3.8) is 0 Å². The Morgan fingerprint density at radius 3 is 2.33 bits per heavy atom. The Hall–Kier alpha value is -1.26. The Kier molecular flexibility index (Phi) is 8.87. The summed E-state index contributed by atoms with van der Waals surface area (Å²) in [5, 5.41) is 10.2. The van der Waals surface area contributed by atoms with Crippen molar-refractivity contribution in [3.8, 4) is 5.75 Å². The number of nitrogens with two attached hydrogens (primary N) is 1. The molecule has 0 fully saturated rings. The van der Waals surface area contributed by atoms with E-state index in [9.17, 15) is 5.11 Å². The zero-order chi connectivity index (χ0) is 15.5. The molecule has 1 aromatic carbocycles. The predicted octanol–water partition coefficient (Wildman–Crippen LogP) is 2.91. The number of benzene rings is 1. The normalized spacial score (nSPS) is 12.6. The van der Waals surface area contributed by atoms with Crippen LogP contribution in [-0.2, 0) is 0 Å². The highest BCUT2D eigenvalue weighted by Gasteiger charge is 2.12. The number of para-hydroxylation sites is 2. The number of rotatable bonds is 11. The van der Waals surface area contributed by atoms with Crippen LogP contribution in [-0.4, -0.2) is 42.4 Å². The van der Waals surface area contributed by atoms with Crippen LogP contribution in [0.4, 0.5) is 5.69 Å². The third kappa shape index (κ3) is 7.34. The molecule has 120 valence electrons. The number of unbranched alkanes of at least 4 members (excludes halogenated alkanes) is 2. The molecular formula is C17H30N2O2. The molecule has 0 saturated carbocycles. The fraction of sp³-hybridized carbons (Fsp3) is 0.647. The average Bonchev–Trinajstić information content (AvgIpc) is 2.49. The standard InChI is InChI=1S/C17H30N2O2/c1-3-5-11-19(12-6-4-2)13-15(20)14-21-17-10-8-7-9-16(17)18/h7-10,15,20H,3-6,11-14,18H2,1-2H3. The molecule has 0 amide bonds. The highest BCUT2D eigenvalue weighted by molar-refractivity contribution is 5.51. The summed E-state index contributed by atoms with van der Waals surface area (Å²) in [5.41, 5.74) is 6.43. The third-order valence-corrected chi connectivity index (χ3v) is 3.47. The minimum Gasteiger partial charge on any atom is -0.489 e. The molecule has 0 aliphatic heterocycles. The number of aliphatic hydroxyl groups excluding tert-OH is 1. The summed E-state index contributed by atoms with van der Waals surface area (Å²) < 4.78 is 5.61. The summed E-state index contributed by atoms with van der Waals surface area (Å²) in [4.78, 5) is 2.33. The van der Waals surface area contributed by atoms with Gasteiger partial charge in [-0.3, -0.25) is 0 Å². The Balaban J connectivity index is 2.38. The van der Waals surface area contributed by atoms with Crippen LogP contribution in [0.3, 0.4) is 0 Å². The summed E-state index contributed by atoms with van der Waals surface area (Å²) in [6.45, 7) is 7.41. The molecule has 3 N–H and O–H groups in total. The van der Waals surface area contributed by atoms with Gasteiger partial charge in [-0.25, -0.2) is 0 Å². The second kappa shape index (κ2) is 10.5. The number of aliphatic hydroxyl groups is 1. The lowest BCUT2D eigenvalue weighted by molar-refractivity contribution is 0.0674. The van der Waals surface area contributed by atoms with Crippen LogP contribution in [0.5, 0.6) is 5.75 Å². The van der Waals surface area contributed by atoms with Gasteiger partial charge in [0.25, 0.3) is 0 Å². The largest absolute Gasteiger partial charge is 0.489 e. The molecule has 0 aromatic heterocycles. The first-order valence-electron chi connectivity index (χ1n) is 8.05. The molecule has 21 heavy (non-hydrogen) atoms. The van der Waals surface area contributed by atoms with Gasteiger partial charge in [-0.05, 0) is 38.1 Å².